The van der Waals surface area contributed by atoms with Gasteiger partial charge in [0.2, 0.25) is 0 Å². The Hall–Kier alpha value is -1.92. The van der Waals surface area contributed by atoms with Gasteiger partial charge in [0.05, 0.1) is 23.2 Å². The van der Waals surface area contributed by atoms with Crippen molar-refractivity contribution in [3.05, 3.63) is 36.0 Å². The molecule has 0 aromatic heterocycles. The van der Waals surface area contributed by atoms with E-state index in [-0.39, 0.29) is 29.4 Å². The first-order chi connectivity index (χ1) is 12.0. The zero-order valence-corrected chi connectivity index (χ0v) is 15.4. The van der Waals surface area contributed by atoms with Gasteiger partial charge in [0, 0.05) is 23.8 Å². The van der Waals surface area contributed by atoms with Crippen LogP contribution in [-0.4, -0.2) is 46.1 Å². The second kappa shape index (κ2) is 6.35. The molecule has 0 spiro atoms. The van der Waals surface area contributed by atoms with Gasteiger partial charge in [-0.15, -0.1) is 0 Å². The number of hydrogen-bond donors (Lipinski definition) is 2. The lowest BCUT2D eigenvalue weighted by atomic mass is 9.76. The Morgan fingerprint density at radius 3 is 2.73 bits per heavy atom. The minimum absolute atomic E-state index is 0.0717. The molecular weight excluding hydrogens is 336 g/mol. The summed E-state index contributed by atoms with van der Waals surface area (Å²) in [7, 11) is 0. The Balaban J connectivity index is 1.97. The van der Waals surface area contributed by atoms with E-state index in [1.165, 1.54) is 6.92 Å². The van der Waals surface area contributed by atoms with E-state index >= 15 is 0 Å². The SMILES string of the molecule is C=C(C(=O)OC1CC(C)(O)C2CC=C(C)C2C2OC(=O)C(=C)C12)C(C)O. The van der Waals surface area contributed by atoms with E-state index < -0.39 is 41.8 Å². The van der Waals surface area contributed by atoms with E-state index in [1.54, 1.807) is 6.92 Å². The molecule has 142 valence electrons. The lowest BCUT2D eigenvalue weighted by molar-refractivity contribution is -0.151. The Bertz CT molecular complexity index is 701. The number of aliphatic hydroxyl groups excluding tert-OH is 1. The monoisotopic (exact) mass is 362 g/mol. The number of allylic oxidation sites excluding steroid dienone is 1. The molecule has 3 aliphatic rings. The number of esters is 2. The zero-order chi connectivity index (χ0) is 19.4. The van der Waals surface area contributed by atoms with Gasteiger partial charge in [0.15, 0.2) is 0 Å². The molecule has 2 aliphatic carbocycles. The highest BCUT2D eigenvalue weighted by Crippen LogP contribution is 2.52. The van der Waals surface area contributed by atoms with Crippen molar-refractivity contribution in [3.8, 4) is 0 Å². The van der Waals surface area contributed by atoms with Gasteiger partial charge in [0.1, 0.15) is 12.2 Å². The molecule has 0 radical (unpaired) electrons. The van der Waals surface area contributed by atoms with E-state index in [1.807, 2.05) is 6.92 Å². The molecule has 0 amide bonds. The Morgan fingerprint density at radius 1 is 1.46 bits per heavy atom. The molecule has 6 heteroatoms. The lowest BCUT2D eigenvalue weighted by Gasteiger charge is -2.34. The molecule has 0 aromatic carbocycles. The highest BCUT2D eigenvalue weighted by Gasteiger charge is 2.58. The molecule has 2 N–H and O–H groups in total. The van der Waals surface area contributed by atoms with Crippen LogP contribution in [0.1, 0.15) is 33.6 Å². The van der Waals surface area contributed by atoms with Crippen LogP contribution >= 0.6 is 0 Å². The summed E-state index contributed by atoms with van der Waals surface area (Å²) < 4.78 is 11.2. The quantitative estimate of drug-likeness (QED) is 0.451. The molecule has 0 bridgehead atoms. The van der Waals surface area contributed by atoms with Gasteiger partial charge < -0.3 is 19.7 Å². The maximum Gasteiger partial charge on any atom is 0.336 e. The maximum absolute atomic E-state index is 12.3. The predicted molar refractivity (Wildman–Crippen MR) is 93.8 cm³/mol. The van der Waals surface area contributed by atoms with Gasteiger partial charge in [0.25, 0.3) is 0 Å². The lowest BCUT2D eigenvalue weighted by Crippen LogP contribution is -2.40. The fourth-order valence-corrected chi connectivity index (χ4v) is 4.57. The van der Waals surface area contributed by atoms with E-state index in [0.717, 1.165) is 5.57 Å². The molecule has 6 nitrogen and oxygen atoms in total. The fourth-order valence-electron chi connectivity index (χ4n) is 4.57. The van der Waals surface area contributed by atoms with Gasteiger partial charge in [-0.05, 0) is 27.2 Å². The van der Waals surface area contributed by atoms with Crippen molar-refractivity contribution in [2.75, 3.05) is 0 Å². The summed E-state index contributed by atoms with van der Waals surface area (Å²) in [5, 5.41) is 20.7. The number of ether oxygens (including phenoxy) is 2. The van der Waals surface area contributed by atoms with Crippen molar-refractivity contribution in [1.29, 1.82) is 0 Å². The van der Waals surface area contributed by atoms with Crippen LogP contribution in [0.5, 0.6) is 0 Å². The van der Waals surface area contributed by atoms with Gasteiger partial charge in [-0.3, -0.25) is 0 Å². The highest BCUT2D eigenvalue weighted by molar-refractivity contribution is 5.92. The molecule has 1 saturated carbocycles. The summed E-state index contributed by atoms with van der Waals surface area (Å²) in [4.78, 5) is 24.5. The second-order valence-corrected chi connectivity index (χ2v) is 7.94. The minimum Gasteiger partial charge on any atom is -0.458 e. The number of fused-ring (bicyclic) bond motifs is 3. The van der Waals surface area contributed by atoms with E-state index in [2.05, 4.69) is 19.2 Å². The normalized spacial score (nSPS) is 40.0. The highest BCUT2D eigenvalue weighted by atomic mass is 16.6. The average molecular weight is 362 g/mol. The standard InChI is InChI=1S/C20H26O6/c1-9-6-7-13-15(9)17-16(11(3)19(23)26-17)14(8-20(13,5)24)25-18(22)10(2)12(4)21/h6,12-17,21,24H,2-3,7-8H2,1,4-5H3. The summed E-state index contributed by atoms with van der Waals surface area (Å²) >= 11 is 0. The second-order valence-electron chi connectivity index (χ2n) is 7.94. The summed E-state index contributed by atoms with van der Waals surface area (Å²) in [6.07, 6.45) is 0.555. The first kappa shape index (κ1) is 18.9. The van der Waals surface area contributed by atoms with Gasteiger partial charge in [-0.1, -0.05) is 24.8 Å². The van der Waals surface area contributed by atoms with E-state index in [9.17, 15) is 19.8 Å². The third kappa shape index (κ3) is 2.91. The first-order valence-electron chi connectivity index (χ1n) is 8.91. The van der Waals surface area contributed by atoms with Crippen LogP contribution < -0.4 is 0 Å². The molecule has 1 heterocycles. The molecule has 26 heavy (non-hydrogen) atoms. The zero-order valence-electron chi connectivity index (χ0n) is 15.4. The smallest absolute Gasteiger partial charge is 0.336 e. The van der Waals surface area contributed by atoms with Crippen molar-refractivity contribution in [2.45, 2.75) is 57.5 Å². The Labute approximate surface area is 153 Å². The number of rotatable bonds is 3. The summed E-state index contributed by atoms with van der Waals surface area (Å²) in [6, 6.07) is 0. The molecule has 7 atom stereocenters. The van der Waals surface area contributed by atoms with Crippen molar-refractivity contribution in [2.24, 2.45) is 17.8 Å². The number of hydrogen-bond acceptors (Lipinski definition) is 6. The van der Waals surface area contributed by atoms with Crippen LogP contribution in [0, 0.1) is 17.8 Å². The molecule has 7 unspecified atom stereocenters. The number of aliphatic hydroxyl groups is 2. The average Bonchev–Trinajstić information content (AvgIpc) is 3.03. The minimum atomic E-state index is -1.10. The molecule has 0 aromatic rings. The van der Waals surface area contributed by atoms with Crippen LogP contribution in [0.15, 0.2) is 36.0 Å². The van der Waals surface area contributed by atoms with Gasteiger partial charge in [-0.25, -0.2) is 9.59 Å². The molecule has 2 fully saturated rings. The number of carbonyl (C=O) groups excluding carboxylic acids is 2. The largest absolute Gasteiger partial charge is 0.458 e. The van der Waals surface area contributed by atoms with Gasteiger partial charge >= 0.3 is 11.9 Å². The van der Waals surface area contributed by atoms with Crippen molar-refractivity contribution < 1.29 is 29.3 Å². The van der Waals surface area contributed by atoms with Crippen LogP contribution in [-0.2, 0) is 19.1 Å². The maximum atomic E-state index is 12.3. The topological polar surface area (TPSA) is 93.1 Å². The Morgan fingerprint density at radius 2 is 2.12 bits per heavy atom. The Kier molecular flexibility index (Phi) is 4.61. The van der Waals surface area contributed by atoms with Crippen LogP contribution in [0.2, 0.25) is 0 Å². The summed E-state index contributed by atoms with van der Waals surface area (Å²) in [5.41, 5.74) is 0.143. The van der Waals surface area contributed by atoms with E-state index in [0.29, 0.717) is 6.42 Å². The molecular formula is C20H26O6. The van der Waals surface area contributed by atoms with Crippen molar-refractivity contribution in [1.82, 2.24) is 0 Å². The molecule has 1 saturated heterocycles. The van der Waals surface area contributed by atoms with E-state index in [4.69, 9.17) is 9.47 Å². The summed E-state index contributed by atoms with van der Waals surface area (Å²) in [5.74, 6) is -2.03. The van der Waals surface area contributed by atoms with Crippen LogP contribution in [0.4, 0.5) is 0 Å². The molecule has 3 rings (SSSR count). The predicted octanol–water partition coefficient (Wildman–Crippen LogP) is 1.67. The number of carbonyl (C=O) groups is 2. The third-order valence-corrected chi connectivity index (χ3v) is 6.11. The third-order valence-electron chi connectivity index (χ3n) is 6.11. The fraction of sp³-hybridized carbons (Fsp3) is 0.600. The van der Waals surface area contributed by atoms with Gasteiger partial charge in [-0.2, -0.15) is 0 Å². The van der Waals surface area contributed by atoms with Crippen LogP contribution in [0.25, 0.3) is 0 Å². The summed E-state index contributed by atoms with van der Waals surface area (Å²) in [6.45, 7) is 12.5. The molecule has 1 aliphatic heterocycles. The first-order valence-corrected chi connectivity index (χ1v) is 8.91. The van der Waals surface area contributed by atoms with Crippen LogP contribution in [0.3, 0.4) is 0 Å². The van der Waals surface area contributed by atoms with Crippen molar-refractivity contribution >= 4 is 11.9 Å². The van der Waals surface area contributed by atoms with Crippen molar-refractivity contribution in [3.63, 3.8) is 0 Å².